The number of hydrogen-bond acceptors (Lipinski definition) is 3. The second-order valence-corrected chi connectivity index (χ2v) is 16.3. The summed E-state index contributed by atoms with van der Waals surface area (Å²) in [6.07, 6.45) is 31.5. The number of rotatable bonds is 1. The normalized spacial score (nSPS) is 46.5. The lowest BCUT2D eigenvalue weighted by Crippen LogP contribution is -2.52. The second kappa shape index (κ2) is 11.0. The Morgan fingerprint density at radius 2 is 1.41 bits per heavy atom. The van der Waals surface area contributed by atoms with E-state index in [1.165, 1.54) is 56.1 Å². The van der Waals surface area contributed by atoms with Gasteiger partial charge in [0.25, 0.3) is 0 Å². The van der Waals surface area contributed by atoms with Crippen molar-refractivity contribution >= 4 is 0 Å². The molecule has 3 nitrogen and oxygen atoms in total. The summed E-state index contributed by atoms with van der Waals surface area (Å²) in [5.74, 6) is 11.5. The number of methoxy groups -OCH3 is 1. The molecule has 44 heavy (non-hydrogen) atoms. The lowest BCUT2D eigenvalue weighted by atomic mass is 9.50. The molecule has 7 aliphatic rings. The first-order valence-corrected chi connectivity index (χ1v) is 17.9. The lowest BCUT2D eigenvalue weighted by molar-refractivity contribution is -0.0857. The predicted molar refractivity (Wildman–Crippen MR) is 177 cm³/mol. The summed E-state index contributed by atoms with van der Waals surface area (Å²) in [7, 11) is 1.73. The molecule has 1 aromatic rings. The Hall–Kier alpha value is -2.20. The number of terminal acetylenes is 2. The third kappa shape index (κ3) is 4.32. The number of aliphatic hydroxyl groups is 2. The molecule has 7 aliphatic carbocycles. The molecule has 1 aromatic carbocycles. The summed E-state index contributed by atoms with van der Waals surface area (Å²) >= 11 is 0. The van der Waals surface area contributed by atoms with E-state index < -0.39 is 11.2 Å². The third-order valence-electron chi connectivity index (χ3n) is 15.1. The van der Waals surface area contributed by atoms with E-state index in [1.807, 2.05) is 0 Å². The summed E-state index contributed by atoms with van der Waals surface area (Å²) < 4.78 is 5.39. The number of hydrogen-bond donors (Lipinski definition) is 2. The molecule has 11 atom stereocenters. The van der Waals surface area contributed by atoms with E-state index in [-0.39, 0.29) is 10.8 Å². The van der Waals surface area contributed by atoms with Crippen molar-refractivity contribution in [1.29, 1.82) is 0 Å². The minimum absolute atomic E-state index is 0.0290. The van der Waals surface area contributed by atoms with Gasteiger partial charge in [0, 0.05) is 10.8 Å². The molecule has 5 saturated carbocycles. The van der Waals surface area contributed by atoms with E-state index in [0.717, 1.165) is 74.9 Å². The van der Waals surface area contributed by atoms with Crippen LogP contribution in [0.5, 0.6) is 5.75 Å². The van der Waals surface area contributed by atoms with Crippen molar-refractivity contribution in [3.63, 3.8) is 0 Å². The number of allylic oxidation sites excluding steroid dienone is 2. The highest BCUT2D eigenvalue weighted by molar-refractivity contribution is 5.41. The zero-order valence-electron chi connectivity index (χ0n) is 27.4. The van der Waals surface area contributed by atoms with E-state index in [0.29, 0.717) is 23.7 Å². The fraction of sp³-hybridized carbons (Fsp3) is 0.707. The Labute approximate surface area is 266 Å². The fourth-order valence-corrected chi connectivity index (χ4v) is 12.5. The van der Waals surface area contributed by atoms with E-state index in [4.69, 9.17) is 17.6 Å². The van der Waals surface area contributed by atoms with E-state index in [2.05, 4.69) is 50.0 Å². The summed E-state index contributed by atoms with van der Waals surface area (Å²) in [4.78, 5) is 0. The van der Waals surface area contributed by atoms with E-state index >= 15 is 0 Å². The van der Waals surface area contributed by atoms with Crippen LogP contribution < -0.4 is 4.74 Å². The number of benzene rings is 1. The average Bonchev–Trinajstić information content (AvgIpc) is 3.50. The van der Waals surface area contributed by atoms with Gasteiger partial charge in [-0.3, -0.25) is 0 Å². The SMILES string of the molecule is C#C[C@]1(O)CC[C@H]2[C@@H]3CCC4=CCCC[C@@H]4[C@H]3CC[C@@]21C.C#C[C@]1(O)CC[C@H]2[C@@H]3CCc4cc(OC)ccc4[C@H]3CC[C@@]21C. The third-order valence-corrected chi connectivity index (χ3v) is 15.1. The Morgan fingerprint density at radius 3 is 2.09 bits per heavy atom. The van der Waals surface area contributed by atoms with Gasteiger partial charge in [-0.15, -0.1) is 12.8 Å². The molecular weight excluding hydrogens is 540 g/mol. The van der Waals surface area contributed by atoms with Gasteiger partial charge in [0.15, 0.2) is 0 Å². The van der Waals surface area contributed by atoms with Crippen molar-refractivity contribution in [2.24, 2.45) is 46.3 Å². The van der Waals surface area contributed by atoms with Crippen LogP contribution in [0.4, 0.5) is 0 Å². The maximum absolute atomic E-state index is 11.0. The van der Waals surface area contributed by atoms with Gasteiger partial charge in [-0.05, 0) is 161 Å². The van der Waals surface area contributed by atoms with Crippen molar-refractivity contribution < 1.29 is 14.9 Å². The van der Waals surface area contributed by atoms with Crippen molar-refractivity contribution in [1.82, 2.24) is 0 Å². The first-order chi connectivity index (χ1) is 21.1. The molecule has 0 heterocycles. The van der Waals surface area contributed by atoms with Crippen LogP contribution >= 0.6 is 0 Å². The molecule has 0 unspecified atom stereocenters. The number of fused-ring (bicyclic) bond motifs is 10. The highest BCUT2D eigenvalue weighted by atomic mass is 16.5. The van der Waals surface area contributed by atoms with Crippen LogP contribution in [0, 0.1) is 71.0 Å². The quantitative estimate of drug-likeness (QED) is 0.254. The highest BCUT2D eigenvalue weighted by Crippen LogP contribution is 2.66. The standard InChI is InChI=1S/C21H26O2.C20H28O/c1-4-21(22)12-10-19-18-7-5-14-13-15(23-3)6-8-16(14)17(18)9-11-20(19,21)2;1-3-20(21)13-11-18-17-9-8-14-6-4-5-7-15(14)16(17)10-12-19(18,20)2/h1,6,8,13,17-19,22H,5,7,9-12H2,2-3H3;1,6,15-18,21H,4-5,7-13H2,2H3/t17-,18-,19+,20+,21+;15-,16+,17+,18-,19-,20-/m10/s1. The Morgan fingerprint density at radius 1 is 0.750 bits per heavy atom. The van der Waals surface area contributed by atoms with Crippen LogP contribution in [0.2, 0.25) is 0 Å². The Bertz CT molecular complexity index is 1400. The van der Waals surface area contributed by atoms with Crippen LogP contribution in [0.1, 0.15) is 121 Å². The molecule has 3 heteroatoms. The van der Waals surface area contributed by atoms with Gasteiger partial charge >= 0.3 is 0 Å². The zero-order valence-corrected chi connectivity index (χ0v) is 27.4. The van der Waals surface area contributed by atoms with Crippen LogP contribution in [0.3, 0.4) is 0 Å². The number of aryl methyl sites for hydroxylation is 1. The van der Waals surface area contributed by atoms with Crippen LogP contribution in [0.15, 0.2) is 29.8 Å². The van der Waals surface area contributed by atoms with Crippen LogP contribution in [0.25, 0.3) is 0 Å². The van der Waals surface area contributed by atoms with E-state index in [1.54, 1.807) is 12.7 Å². The Kier molecular flexibility index (Phi) is 7.58. The molecule has 5 fully saturated rings. The van der Waals surface area contributed by atoms with Crippen molar-refractivity contribution in [3.8, 4) is 30.4 Å². The van der Waals surface area contributed by atoms with Gasteiger partial charge < -0.3 is 14.9 Å². The summed E-state index contributed by atoms with van der Waals surface area (Å²) in [5, 5.41) is 21.9. The molecule has 8 rings (SSSR count). The molecule has 0 radical (unpaired) electrons. The molecule has 0 amide bonds. The van der Waals surface area contributed by atoms with Crippen molar-refractivity contribution in [3.05, 3.63) is 41.0 Å². The van der Waals surface area contributed by atoms with Gasteiger partial charge in [-0.2, -0.15) is 0 Å². The summed E-state index contributed by atoms with van der Waals surface area (Å²) in [6.45, 7) is 4.53. The molecule has 0 spiro atoms. The van der Waals surface area contributed by atoms with Crippen molar-refractivity contribution in [2.45, 2.75) is 127 Å². The van der Waals surface area contributed by atoms with Crippen LogP contribution in [-0.4, -0.2) is 28.5 Å². The average molecular weight is 595 g/mol. The summed E-state index contributed by atoms with van der Waals surface area (Å²) in [5.41, 5.74) is 2.87. The molecule has 0 aliphatic heterocycles. The zero-order chi connectivity index (χ0) is 30.9. The molecule has 0 bridgehead atoms. The van der Waals surface area contributed by atoms with Gasteiger partial charge in [-0.25, -0.2) is 0 Å². The molecular formula is C41H54O3. The molecule has 236 valence electrons. The first-order valence-electron chi connectivity index (χ1n) is 17.9. The summed E-state index contributed by atoms with van der Waals surface area (Å²) in [6, 6.07) is 6.59. The maximum Gasteiger partial charge on any atom is 0.130 e. The van der Waals surface area contributed by atoms with Gasteiger partial charge in [0.2, 0.25) is 0 Å². The second-order valence-electron chi connectivity index (χ2n) is 16.3. The van der Waals surface area contributed by atoms with E-state index in [9.17, 15) is 10.2 Å². The predicted octanol–water partition coefficient (Wildman–Crippen LogP) is 8.23. The topological polar surface area (TPSA) is 49.7 Å². The monoisotopic (exact) mass is 594 g/mol. The smallest absolute Gasteiger partial charge is 0.130 e. The fourth-order valence-electron chi connectivity index (χ4n) is 12.5. The minimum atomic E-state index is -0.900. The van der Waals surface area contributed by atoms with Gasteiger partial charge in [0.1, 0.15) is 17.0 Å². The van der Waals surface area contributed by atoms with Crippen LogP contribution in [-0.2, 0) is 6.42 Å². The molecule has 0 aromatic heterocycles. The first kappa shape index (κ1) is 30.5. The van der Waals surface area contributed by atoms with Gasteiger partial charge in [0.05, 0.1) is 7.11 Å². The van der Waals surface area contributed by atoms with Crippen molar-refractivity contribution in [2.75, 3.05) is 7.11 Å². The van der Waals surface area contributed by atoms with Gasteiger partial charge in [-0.1, -0.05) is 43.4 Å². The molecule has 0 saturated heterocycles. The molecule has 2 N–H and O–H groups in total. The minimum Gasteiger partial charge on any atom is -0.497 e. The largest absolute Gasteiger partial charge is 0.497 e. The lowest BCUT2D eigenvalue weighted by Gasteiger charge is -2.54. The maximum atomic E-state index is 11.0. The highest BCUT2D eigenvalue weighted by Gasteiger charge is 2.62. The number of ether oxygens (including phenoxy) is 1. The Balaban J connectivity index is 0.000000143.